The fourth-order valence-electron chi connectivity index (χ4n) is 2.53. The maximum Gasteiger partial charge on any atom is 0.358 e. The average molecular weight is 409 g/mol. The van der Waals surface area contributed by atoms with Crippen LogP contribution in [-0.4, -0.2) is 28.7 Å². The predicted molar refractivity (Wildman–Crippen MR) is 96.2 cm³/mol. The molecule has 0 bridgehead atoms. The second-order valence-electron chi connectivity index (χ2n) is 5.21. The van der Waals surface area contributed by atoms with Crippen molar-refractivity contribution in [1.29, 1.82) is 0 Å². The molecule has 3 aromatic heterocycles. The molecule has 132 valence electrons. The third-order valence-corrected chi connectivity index (χ3v) is 6.00. The van der Waals surface area contributed by atoms with Crippen LogP contribution in [0.5, 0.6) is 5.75 Å². The van der Waals surface area contributed by atoms with E-state index in [1.165, 1.54) is 40.1 Å². The van der Waals surface area contributed by atoms with Gasteiger partial charge < -0.3 is 9.92 Å². The van der Waals surface area contributed by atoms with Gasteiger partial charge in [0.15, 0.2) is 10.1 Å². The number of imidazole rings is 1. The summed E-state index contributed by atoms with van der Waals surface area (Å²) in [5.41, 5.74) is 5.38. The van der Waals surface area contributed by atoms with Gasteiger partial charge in [0.05, 0.1) is 0 Å². The molecular formula is C15H9ClN4O4S2. The summed E-state index contributed by atoms with van der Waals surface area (Å²) in [7, 11) is -4.22. The number of carbonyl (C=O) groups is 1. The molecule has 4 aromatic rings. The summed E-state index contributed by atoms with van der Waals surface area (Å²) in [5.74, 6) is -0.622. The molecule has 4 rings (SSSR count). The number of amides is 1. The Morgan fingerprint density at radius 2 is 2.12 bits per heavy atom. The van der Waals surface area contributed by atoms with Crippen LogP contribution in [0.3, 0.4) is 0 Å². The van der Waals surface area contributed by atoms with Crippen LogP contribution in [-0.2, 0) is 10.1 Å². The van der Waals surface area contributed by atoms with E-state index < -0.39 is 16.0 Å². The first-order valence-electron chi connectivity index (χ1n) is 7.11. The normalized spacial score (nSPS) is 11.9. The number of thiazole rings is 1. The third-order valence-electron chi connectivity index (χ3n) is 3.59. The number of hydrogen-bond acceptors (Lipinski definition) is 7. The van der Waals surface area contributed by atoms with E-state index in [9.17, 15) is 13.2 Å². The first-order valence-corrected chi connectivity index (χ1v) is 9.77. The SMILES string of the molecule is NC(=O)c1nccc2cc(OS(=O)(=O)c3c(Cl)nc4sccn34)ccc12. The Hall–Kier alpha value is -2.69. The second kappa shape index (κ2) is 5.94. The number of hydrogen-bond donors (Lipinski definition) is 1. The Bertz CT molecular complexity index is 1280. The molecule has 0 saturated heterocycles. The van der Waals surface area contributed by atoms with E-state index in [4.69, 9.17) is 21.5 Å². The van der Waals surface area contributed by atoms with E-state index in [1.807, 2.05) is 0 Å². The molecule has 0 aliphatic heterocycles. The molecule has 1 aromatic carbocycles. The van der Waals surface area contributed by atoms with Crippen molar-refractivity contribution in [3.8, 4) is 5.75 Å². The summed E-state index contributed by atoms with van der Waals surface area (Å²) in [4.78, 5) is 19.8. The topological polar surface area (TPSA) is 117 Å². The molecule has 0 saturated carbocycles. The predicted octanol–water partition coefficient (Wildman–Crippen LogP) is 2.46. The minimum Gasteiger partial charge on any atom is -0.378 e. The van der Waals surface area contributed by atoms with Crippen molar-refractivity contribution in [3.63, 3.8) is 0 Å². The molecule has 26 heavy (non-hydrogen) atoms. The minimum absolute atomic E-state index is 0.0559. The Morgan fingerprint density at radius 1 is 1.31 bits per heavy atom. The number of fused-ring (bicyclic) bond motifs is 2. The third kappa shape index (κ3) is 2.68. The largest absolute Gasteiger partial charge is 0.378 e. The zero-order valence-electron chi connectivity index (χ0n) is 12.8. The van der Waals surface area contributed by atoms with E-state index in [1.54, 1.807) is 17.6 Å². The fraction of sp³-hybridized carbons (Fsp3) is 0. The molecule has 0 unspecified atom stereocenters. The van der Waals surface area contributed by atoms with Gasteiger partial charge >= 0.3 is 10.1 Å². The lowest BCUT2D eigenvalue weighted by molar-refractivity contribution is 0.0997. The van der Waals surface area contributed by atoms with E-state index in [2.05, 4.69) is 9.97 Å². The molecular weight excluding hydrogens is 400 g/mol. The quantitative estimate of drug-likeness (QED) is 0.518. The van der Waals surface area contributed by atoms with Crippen LogP contribution in [0.25, 0.3) is 15.7 Å². The van der Waals surface area contributed by atoms with Gasteiger partial charge in [0, 0.05) is 23.2 Å². The van der Waals surface area contributed by atoms with Crippen LogP contribution in [0.4, 0.5) is 0 Å². The minimum atomic E-state index is -4.22. The maximum absolute atomic E-state index is 12.7. The Labute approximate surface area is 155 Å². The Morgan fingerprint density at radius 3 is 2.88 bits per heavy atom. The number of pyridine rings is 1. The maximum atomic E-state index is 12.7. The molecule has 0 atom stereocenters. The van der Waals surface area contributed by atoms with E-state index in [0.29, 0.717) is 15.7 Å². The van der Waals surface area contributed by atoms with Gasteiger partial charge in [-0.25, -0.2) is 4.98 Å². The fourth-order valence-corrected chi connectivity index (χ4v) is 4.89. The first kappa shape index (κ1) is 16.8. The lowest BCUT2D eigenvalue weighted by atomic mass is 10.1. The van der Waals surface area contributed by atoms with Crippen LogP contribution in [0.1, 0.15) is 10.5 Å². The molecule has 8 nitrogen and oxygen atoms in total. The highest BCUT2D eigenvalue weighted by molar-refractivity contribution is 7.87. The van der Waals surface area contributed by atoms with Crippen molar-refractivity contribution in [1.82, 2.24) is 14.4 Å². The van der Waals surface area contributed by atoms with Gasteiger partial charge in [-0.3, -0.25) is 14.2 Å². The number of aromatic nitrogens is 3. The molecule has 1 amide bonds. The molecule has 0 radical (unpaired) electrons. The average Bonchev–Trinajstić information content (AvgIpc) is 3.13. The van der Waals surface area contributed by atoms with Crippen LogP contribution in [0.15, 0.2) is 47.1 Å². The van der Waals surface area contributed by atoms with Crippen molar-refractivity contribution in [3.05, 3.63) is 52.9 Å². The van der Waals surface area contributed by atoms with Gasteiger partial charge in [0.2, 0.25) is 5.03 Å². The molecule has 2 N–H and O–H groups in total. The molecule has 0 aliphatic rings. The summed E-state index contributed by atoms with van der Waals surface area (Å²) >= 11 is 7.21. The summed E-state index contributed by atoms with van der Waals surface area (Å²) in [6.45, 7) is 0. The molecule has 11 heteroatoms. The first-order chi connectivity index (χ1) is 12.4. The van der Waals surface area contributed by atoms with Crippen molar-refractivity contribution in [2.45, 2.75) is 5.03 Å². The molecule has 0 spiro atoms. The van der Waals surface area contributed by atoms with Gasteiger partial charge in [-0.1, -0.05) is 11.6 Å². The van der Waals surface area contributed by atoms with Crippen molar-refractivity contribution in [2.24, 2.45) is 5.73 Å². The van der Waals surface area contributed by atoms with E-state index in [-0.39, 0.29) is 21.6 Å². The zero-order chi connectivity index (χ0) is 18.5. The summed E-state index contributed by atoms with van der Waals surface area (Å²) in [6.07, 6.45) is 2.95. The number of nitrogens with two attached hydrogens (primary N) is 1. The summed E-state index contributed by atoms with van der Waals surface area (Å²) in [5, 5.41) is 2.32. The molecule has 0 fully saturated rings. The number of primary amides is 1. The van der Waals surface area contributed by atoms with Gasteiger partial charge in [0.1, 0.15) is 11.4 Å². The van der Waals surface area contributed by atoms with Crippen LogP contribution in [0.2, 0.25) is 5.15 Å². The number of rotatable bonds is 4. The van der Waals surface area contributed by atoms with Gasteiger partial charge in [-0.15, -0.1) is 11.3 Å². The smallest absolute Gasteiger partial charge is 0.358 e. The Kier molecular flexibility index (Phi) is 3.83. The highest BCUT2D eigenvalue weighted by atomic mass is 35.5. The van der Waals surface area contributed by atoms with E-state index in [0.717, 1.165) is 0 Å². The van der Waals surface area contributed by atoms with Gasteiger partial charge in [0.25, 0.3) is 5.91 Å². The van der Waals surface area contributed by atoms with Crippen LogP contribution in [0, 0.1) is 0 Å². The highest BCUT2D eigenvalue weighted by Gasteiger charge is 2.27. The Balaban J connectivity index is 1.78. The molecule has 0 aliphatic carbocycles. The standard InChI is InChI=1S/C15H9ClN4O4S2/c16-12-14(20-5-6-25-15(20)19-12)26(22,23)24-9-1-2-10-8(7-9)3-4-18-11(10)13(17)21/h1-7H,(H2,17,21). The lowest BCUT2D eigenvalue weighted by Crippen LogP contribution is -2.14. The monoisotopic (exact) mass is 408 g/mol. The van der Waals surface area contributed by atoms with Crippen LogP contribution < -0.4 is 9.92 Å². The summed E-state index contributed by atoms with van der Waals surface area (Å²) < 4.78 is 31.9. The van der Waals surface area contributed by atoms with E-state index >= 15 is 0 Å². The lowest BCUT2D eigenvalue weighted by Gasteiger charge is -2.08. The number of halogens is 1. The van der Waals surface area contributed by atoms with Crippen LogP contribution >= 0.6 is 22.9 Å². The van der Waals surface area contributed by atoms with Crippen molar-refractivity contribution in [2.75, 3.05) is 0 Å². The number of benzene rings is 1. The van der Waals surface area contributed by atoms with Gasteiger partial charge in [-0.2, -0.15) is 8.42 Å². The number of carbonyl (C=O) groups excluding carboxylic acids is 1. The highest BCUT2D eigenvalue weighted by Crippen LogP contribution is 2.29. The zero-order valence-corrected chi connectivity index (χ0v) is 15.2. The van der Waals surface area contributed by atoms with Crippen molar-refractivity contribution < 1.29 is 17.4 Å². The molecule has 3 heterocycles. The second-order valence-corrected chi connectivity index (χ2v) is 7.90. The number of nitrogens with zero attached hydrogens (tertiary/aromatic N) is 3. The summed E-state index contributed by atoms with van der Waals surface area (Å²) in [6, 6.07) is 6.02. The van der Waals surface area contributed by atoms with Gasteiger partial charge in [-0.05, 0) is 29.7 Å². The van der Waals surface area contributed by atoms with Crippen molar-refractivity contribution >= 4 is 54.7 Å².